The molecule has 0 fully saturated rings. The van der Waals surface area contributed by atoms with Gasteiger partial charge >= 0.3 is 0 Å². The van der Waals surface area contributed by atoms with Crippen LogP contribution in [0.15, 0.2) is 29.1 Å². The molecule has 4 nitrogen and oxygen atoms in total. The number of nitrogens with zero attached hydrogens (tertiary/aromatic N) is 2. The molecule has 124 valence electrons. The summed E-state index contributed by atoms with van der Waals surface area (Å²) < 4.78 is 1.71. The number of hydrogen-bond acceptors (Lipinski definition) is 4. The molecule has 0 unspecified atom stereocenters. The Kier molecular flexibility index (Phi) is 4.06. The molecule has 2 aromatic heterocycles. The molecule has 2 heterocycles. The van der Waals surface area contributed by atoms with Gasteiger partial charge in [-0.2, -0.15) is 0 Å². The van der Waals surface area contributed by atoms with E-state index in [1.807, 2.05) is 31.2 Å². The van der Waals surface area contributed by atoms with Gasteiger partial charge in [-0.3, -0.25) is 9.36 Å². The van der Waals surface area contributed by atoms with Crippen LogP contribution in [-0.2, 0) is 19.4 Å². The number of anilines is 2. The SMILES string of the molecule is CCn1c(Nc2cccc(Cl)c2)nc2sc3c(c2c1=O)CCCC3. The molecule has 3 aromatic rings. The van der Waals surface area contributed by atoms with Crippen LogP contribution in [0, 0.1) is 0 Å². The Hall–Kier alpha value is -1.85. The molecule has 4 rings (SSSR count). The molecule has 0 spiro atoms. The van der Waals surface area contributed by atoms with E-state index in [1.165, 1.54) is 16.9 Å². The van der Waals surface area contributed by atoms with Crippen LogP contribution in [0.2, 0.25) is 5.02 Å². The van der Waals surface area contributed by atoms with Crippen molar-refractivity contribution in [3.05, 3.63) is 50.1 Å². The molecule has 0 saturated carbocycles. The van der Waals surface area contributed by atoms with E-state index < -0.39 is 0 Å². The zero-order chi connectivity index (χ0) is 16.7. The second kappa shape index (κ2) is 6.22. The summed E-state index contributed by atoms with van der Waals surface area (Å²) in [4.78, 5) is 20.0. The maximum absolute atomic E-state index is 13.0. The van der Waals surface area contributed by atoms with E-state index >= 15 is 0 Å². The Bertz CT molecular complexity index is 976. The highest BCUT2D eigenvalue weighted by atomic mass is 35.5. The lowest BCUT2D eigenvalue weighted by Gasteiger charge is -2.13. The minimum Gasteiger partial charge on any atom is -0.325 e. The summed E-state index contributed by atoms with van der Waals surface area (Å²) in [5.74, 6) is 0.580. The zero-order valence-electron chi connectivity index (χ0n) is 13.4. The van der Waals surface area contributed by atoms with Gasteiger partial charge in [0.25, 0.3) is 5.56 Å². The molecule has 0 amide bonds. The van der Waals surface area contributed by atoms with E-state index in [4.69, 9.17) is 16.6 Å². The summed E-state index contributed by atoms with van der Waals surface area (Å²) in [6.45, 7) is 2.55. The molecule has 0 aliphatic heterocycles. The van der Waals surface area contributed by atoms with Gasteiger partial charge in [-0.25, -0.2) is 4.98 Å². The van der Waals surface area contributed by atoms with Crippen molar-refractivity contribution in [2.45, 2.75) is 39.2 Å². The van der Waals surface area contributed by atoms with E-state index in [2.05, 4.69) is 5.32 Å². The molecule has 1 aromatic carbocycles. The highest BCUT2D eigenvalue weighted by Crippen LogP contribution is 2.34. The van der Waals surface area contributed by atoms with Crippen molar-refractivity contribution in [3.63, 3.8) is 0 Å². The Morgan fingerprint density at radius 2 is 2.17 bits per heavy atom. The molecular formula is C18H18ClN3OS. The van der Waals surface area contributed by atoms with E-state index in [1.54, 1.807) is 15.9 Å². The summed E-state index contributed by atoms with van der Waals surface area (Å²) in [5, 5.41) is 4.73. The van der Waals surface area contributed by atoms with Crippen molar-refractivity contribution in [2.24, 2.45) is 0 Å². The number of aryl methyl sites for hydroxylation is 2. The molecule has 24 heavy (non-hydrogen) atoms. The topological polar surface area (TPSA) is 46.9 Å². The molecule has 0 atom stereocenters. The lowest BCUT2D eigenvalue weighted by Crippen LogP contribution is -2.23. The van der Waals surface area contributed by atoms with Gasteiger partial charge in [0.2, 0.25) is 5.95 Å². The lowest BCUT2D eigenvalue weighted by atomic mass is 9.97. The van der Waals surface area contributed by atoms with Crippen molar-refractivity contribution in [2.75, 3.05) is 5.32 Å². The van der Waals surface area contributed by atoms with Crippen LogP contribution in [-0.4, -0.2) is 9.55 Å². The van der Waals surface area contributed by atoms with Gasteiger partial charge in [0.05, 0.1) is 5.39 Å². The summed E-state index contributed by atoms with van der Waals surface area (Å²) >= 11 is 7.72. The van der Waals surface area contributed by atoms with Crippen LogP contribution in [0.3, 0.4) is 0 Å². The number of fused-ring (bicyclic) bond motifs is 3. The minimum absolute atomic E-state index is 0.0615. The van der Waals surface area contributed by atoms with Gasteiger partial charge in [-0.1, -0.05) is 17.7 Å². The first-order chi connectivity index (χ1) is 11.7. The average Bonchev–Trinajstić information content (AvgIpc) is 2.93. The first kappa shape index (κ1) is 15.7. The quantitative estimate of drug-likeness (QED) is 0.733. The molecule has 0 bridgehead atoms. The maximum Gasteiger partial charge on any atom is 0.263 e. The highest BCUT2D eigenvalue weighted by molar-refractivity contribution is 7.18. The third kappa shape index (κ3) is 2.62. The van der Waals surface area contributed by atoms with E-state index in [0.717, 1.165) is 35.2 Å². The smallest absolute Gasteiger partial charge is 0.263 e. The van der Waals surface area contributed by atoms with Gasteiger partial charge in [-0.05, 0) is 56.4 Å². The van der Waals surface area contributed by atoms with Crippen LogP contribution < -0.4 is 10.9 Å². The van der Waals surface area contributed by atoms with Crippen LogP contribution >= 0.6 is 22.9 Å². The first-order valence-electron chi connectivity index (χ1n) is 8.25. The Morgan fingerprint density at radius 3 is 2.96 bits per heavy atom. The molecule has 1 aliphatic rings. The normalized spacial score (nSPS) is 13.9. The Morgan fingerprint density at radius 1 is 1.33 bits per heavy atom. The molecular weight excluding hydrogens is 342 g/mol. The van der Waals surface area contributed by atoms with Gasteiger partial charge in [-0.15, -0.1) is 11.3 Å². The van der Waals surface area contributed by atoms with Crippen molar-refractivity contribution >= 4 is 44.8 Å². The number of nitrogens with one attached hydrogen (secondary N) is 1. The van der Waals surface area contributed by atoms with Crippen molar-refractivity contribution in [1.82, 2.24) is 9.55 Å². The second-order valence-electron chi connectivity index (χ2n) is 6.01. The van der Waals surface area contributed by atoms with E-state index in [0.29, 0.717) is 17.5 Å². The fourth-order valence-corrected chi connectivity index (χ4v) is 4.76. The van der Waals surface area contributed by atoms with Crippen LogP contribution in [0.25, 0.3) is 10.2 Å². The summed E-state index contributed by atoms with van der Waals surface area (Å²) in [6.07, 6.45) is 4.43. The first-order valence-corrected chi connectivity index (χ1v) is 9.44. The third-order valence-corrected chi connectivity index (χ3v) is 5.89. The largest absolute Gasteiger partial charge is 0.325 e. The second-order valence-corrected chi connectivity index (χ2v) is 7.53. The van der Waals surface area contributed by atoms with Gasteiger partial charge in [0.15, 0.2) is 0 Å². The third-order valence-electron chi connectivity index (χ3n) is 4.47. The minimum atomic E-state index is 0.0615. The van der Waals surface area contributed by atoms with Crippen LogP contribution in [0.4, 0.5) is 11.6 Å². The standard InChI is InChI=1S/C18H18ClN3OS/c1-2-22-17(23)15-13-8-3-4-9-14(13)24-16(15)21-18(22)20-12-7-5-6-11(19)10-12/h5-7,10H,2-4,8-9H2,1H3,(H,20,21). The molecule has 6 heteroatoms. The number of halogens is 1. The molecule has 0 saturated heterocycles. The number of thiophene rings is 1. The zero-order valence-corrected chi connectivity index (χ0v) is 15.0. The predicted molar refractivity (Wildman–Crippen MR) is 101 cm³/mol. The van der Waals surface area contributed by atoms with Gasteiger partial charge in [0, 0.05) is 22.1 Å². The van der Waals surface area contributed by atoms with Crippen molar-refractivity contribution in [3.8, 4) is 0 Å². The number of aromatic nitrogens is 2. The Labute approximate surface area is 149 Å². The maximum atomic E-state index is 13.0. The fourth-order valence-electron chi connectivity index (χ4n) is 3.32. The molecule has 1 aliphatic carbocycles. The van der Waals surface area contributed by atoms with Crippen LogP contribution in [0.5, 0.6) is 0 Å². The summed E-state index contributed by atoms with van der Waals surface area (Å²) in [5.41, 5.74) is 2.12. The average molecular weight is 360 g/mol. The van der Waals surface area contributed by atoms with E-state index in [9.17, 15) is 4.79 Å². The molecule has 1 N–H and O–H groups in total. The number of benzene rings is 1. The van der Waals surface area contributed by atoms with Gasteiger partial charge in [0.1, 0.15) is 4.83 Å². The summed E-state index contributed by atoms with van der Waals surface area (Å²) in [7, 11) is 0. The fraction of sp³-hybridized carbons (Fsp3) is 0.333. The lowest BCUT2D eigenvalue weighted by molar-refractivity contribution is 0.696. The summed E-state index contributed by atoms with van der Waals surface area (Å²) in [6, 6.07) is 7.45. The van der Waals surface area contributed by atoms with Crippen molar-refractivity contribution in [1.29, 1.82) is 0 Å². The number of rotatable bonds is 3. The van der Waals surface area contributed by atoms with Crippen LogP contribution in [0.1, 0.15) is 30.2 Å². The predicted octanol–water partition coefficient (Wildman–Crippen LogP) is 4.75. The van der Waals surface area contributed by atoms with E-state index in [-0.39, 0.29) is 5.56 Å². The monoisotopic (exact) mass is 359 g/mol. The van der Waals surface area contributed by atoms with Crippen molar-refractivity contribution < 1.29 is 0 Å². The van der Waals surface area contributed by atoms with Gasteiger partial charge < -0.3 is 5.32 Å². The highest BCUT2D eigenvalue weighted by Gasteiger charge is 2.21. The number of hydrogen-bond donors (Lipinski definition) is 1. The Balaban J connectivity index is 1.88. The molecule has 0 radical (unpaired) electrons.